The van der Waals surface area contributed by atoms with E-state index in [1.165, 1.54) is 38.0 Å². The molecule has 1 aliphatic heterocycles. The lowest BCUT2D eigenvalue weighted by atomic mass is 10.1. The first-order valence-corrected chi connectivity index (χ1v) is 10.9. The minimum absolute atomic E-state index is 0.0261. The minimum Gasteiger partial charge on any atom is -0.493 e. The van der Waals surface area contributed by atoms with Crippen LogP contribution in [0.3, 0.4) is 0 Å². The van der Waals surface area contributed by atoms with Gasteiger partial charge in [-0.2, -0.15) is 0 Å². The zero-order chi connectivity index (χ0) is 24.8. The van der Waals surface area contributed by atoms with E-state index in [0.29, 0.717) is 34.9 Å². The van der Waals surface area contributed by atoms with Crippen molar-refractivity contribution in [2.24, 2.45) is 0 Å². The minimum atomic E-state index is -0.533. The molecule has 0 spiro atoms. The lowest BCUT2D eigenvalue weighted by Crippen LogP contribution is -2.35. The summed E-state index contributed by atoms with van der Waals surface area (Å²) in [6.45, 7) is 0.478. The number of nitrogens with zero attached hydrogens (tertiary/aromatic N) is 1. The van der Waals surface area contributed by atoms with Gasteiger partial charge >= 0.3 is 5.97 Å². The van der Waals surface area contributed by atoms with Crippen LogP contribution in [0.1, 0.15) is 21.5 Å². The molecule has 0 saturated carbocycles. The SMILES string of the molecule is COC(=O)c1ccc(N2NC(=O)C(=Cc3ccc(OCCc4ccccc4)c(OC)c3)C2=O)cc1. The van der Waals surface area contributed by atoms with Crippen LogP contribution in [0.25, 0.3) is 6.08 Å². The summed E-state index contributed by atoms with van der Waals surface area (Å²) in [5, 5.41) is 1.13. The van der Waals surface area contributed by atoms with Gasteiger partial charge in [0.05, 0.1) is 32.1 Å². The van der Waals surface area contributed by atoms with Gasteiger partial charge in [-0.05, 0) is 53.6 Å². The van der Waals surface area contributed by atoms with Gasteiger partial charge < -0.3 is 14.2 Å². The largest absolute Gasteiger partial charge is 0.493 e. The number of carbonyl (C=O) groups excluding carboxylic acids is 3. The van der Waals surface area contributed by atoms with Gasteiger partial charge in [-0.3, -0.25) is 15.0 Å². The smallest absolute Gasteiger partial charge is 0.337 e. The van der Waals surface area contributed by atoms with Crippen LogP contribution >= 0.6 is 0 Å². The molecular formula is C27H24N2O6. The maximum absolute atomic E-state index is 12.9. The molecule has 1 aliphatic rings. The van der Waals surface area contributed by atoms with Crippen LogP contribution in [-0.4, -0.2) is 38.6 Å². The standard InChI is InChI=1S/C27H24N2O6/c1-33-24-17-19(8-13-23(24)35-15-14-18-6-4-3-5-7-18)16-22-25(30)28-29(26(22)31)21-11-9-20(10-12-21)27(32)34-2/h3-13,16-17H,14-15H2,1-2H3,(H,28,30). The summed E-state index contributed by atoms with van der Waals surface area (Å²) in [6.07, 6.45) is 2.25. The Balaban J connectivity index is 1.47. The highest BCUT2D eigenvalue weighted by Crippen LogP contribution is 2.30. The van der Waals surface area contributed by atoms with Gasteiger partial charge in [0.25, 0.3) is 11.8 Å². The topological polar surface area (TPSA) is 94.2 Å². The fraction of sp³-hybridized carbons (Fsp3) is 0.148. The normalized spacial score (nSPS) is 14.1. The van der Waals surface area contributed by atoms with Gasteiger partial charge in [-0.15, -0.1) is 0 Å². The first-order valence-electron chi connectivity index (χ1n) is 10.9. The van der Waals surface area contributed by atoms with E-state index >= 15 is 0 Å². The molecule has 178 valence electrons. The van der Waals surface area contributed by atoms with Crippen LogP contribution in [0.5, 0.6) is 11.5 Å². The van der Waals surface area contributed by atoms with E-state index < -0.39 is 17.8 Å². The van der Waals surface area contributed by atoms with Crippen LogP contribution in [0.4, 0.5) is 5.69 Å². The molecule has 1 heterocycles. The number of hydrazine groups is 1. The summed E-state index contributed by atoms with van der Waals surface area (Å²) in [4.78, 5) is 37.1. The number of rotatable bonds is 8. The number of carbonyl (C=O) groups is 3. The Labute approximate surface area is 202 Å². The number of hydrogen-bond donors (Lipinski definition) is 1. The predicted molar refractivity (Wildman–Crippen MR) is 130 cm³/mol. The second-order valence-corrected chi connectivity index (χ2v) is 7.67. The Hall–Kier alpha value is -4.59. The van der Waals surface area contributed by atoms with E-state index in [0.717, 1.165) is 11.4 Å². The van der Waals surface area contributed by atoms with Crippen molar-refractivity contribution in [2.75, 3.05) is 25.8 Å². The van der Waals surface area contributed by atoms with Crippen LogP contribution in [0.15, 0.2) is 78.4 Å². The Bertz CT molecular complexity index is 1270. The van der Waals surface area contributed by atoms with Crippen molar-refractivity contribution in [3.05, 3.63) is 95.1 Å². The highest BCUT2D eigenvalue weighted by Gasteiger charge is 2.34. The highest BCUT2D eigenvalue weighted by molar-refractivity contribution is 6.31. The monoisotopic (exact) mass is 472 g/mol. The molecule has 35 heavy (non-hydrogen) atoms. The van der Waals surface area contributed by atoms with Gasteiger partial charge in [-0.1, -0.05) is 36.4 Å². The quantitative estimate of drug-likeness (QED) is 0.306. The maximum Gasteiger partial charge on any atom is 0.337 e. The molecule has 4 rings (SSSR count). The molecule has 8 heteroatoms. The Morgan fingerprint density at radius 3 is 2.37 bits per heavy atom. The molecule has 1 fully saturated rings. The average molecular weight is 472 g/mol. The second-order valence-electron chi connectivity index (χ2n) is 7.67. The zero-order valence-electron chi connectivity index (χ0n) is 19.3. The van der Waals surface area contributed by atoms with Crippen molar-refractivity contribution in [3.63, 3.8) is 0 Å². The highest BCUT2D eigenvalue weighted by atomic mass is 16.5. The number of esters is 1. The number of amides is 2. The van der Waals surface area contributed by atoms with Crippen molar-refractivity contribution in [1.29, 1.82) is 0 Å². The summed E-state index contributed by atoms with van der Waals surface area (Å²) in [6, 6.07) is 21.4. The predicted octanol–water partition coefficient (Wildman–Crippen LogP) is 3.56. The number of nitrogens with one attached hydrogen (secondary N) is 1. The summed E-state index contributed by atoms with van der Waals surface area (Å²) in [5.41, 5.74) is 5.05. The molecule has 0 aliphatic carbocycles. The van der Waals surface area contributed by atoms with E-state index in [4.69, 9.17) is 9.47 Å². The molecule has 3 aromatic rings. The zero-order valence-corrected chi connectivity index (χ0v) is 19.3. The first-order chi connectivity index (χ1) is 17.0. The fourth-order valence-electron chi connectivity index (χ4n) is 3.59. The third-order valence-electron chi connectivity index (χ3n) is 5.43. The number of hydrogen-bond acceptors (Lipinski definition) is 6. The molecule has 0 atom stereocenters. The molecule has 0 aromatic heterocycles. The van der Waals surface area contributed by atoms with Gasteiger partial charge in [0.2, 0.25) is 0 Å². The summed E-state index contributed by atoms with van der Waals surface area (Å²) < 4.78 is 16.0. The number of anilines is 1. The summed E-state index contributed by atoms with van der Waals surface area (Å²) in [7, 11) is 2.82. The lowest BCUT2D eigenvalue weighted by Gasteiger charge is -2.14. The number of methoxy groups -OCH3 is 2. The van der Waals surface area contributed by atoms with E-state index in [1.807, 2.05) is 30.3 Å². The molecular weight excluding hydrogens is 448 g/mol. The Morgan fingerprint density at radius 2 is 1.69 bits per heavy atom. The average Bonchev–Trinajstić information content (AvgIpc) is 3.17. The van der Waals surface area contributed by atoms with Crippen molar-refractivity contribution < 1.29 is 28.6 Å². The molecule has 3 aromatic carbocycles. The van der Waals surface area contributed by atoms with Crippen molar-refractivity contribution in [1.82, 2.24) is 5.43 Å². The Kier molecular flexibility index (Phi) is 7.11. The fourth-order valence-corrected chi connectivity index (χ4v) is 3.59. The summed E-state index contributed by atoms with van der Waals surface area (Å²) >= 11 is 0. The van der Waals surface area contributed by atoms with Crippen molar-refractivity contribution in [2.45, 2.75) is 6.42 Å². The van der Waals surface area contributed by atoms with Crippen LogP contribution < -0.4 is 19.9 Å². The maximum atomic E-state index is 12.9. The lowest BCUT2D eigenvalue weighted by molar-refractivity contribution is -0.117. The Morgan fingerprint density at radius 1 is 0.943 bits per heavy atom. The van der Waals surface area contributed by atoms with E-state index in [-0.39, 0.29) is 5.57 Å². The number of benzene rings is 3. The van der Waals surface area contributed by atoms with E-state index in [1.54, 1.807) is 30.3 Å². The van der Waals surface area contributed by atoms with Gasteiger partial charge in [-0.25, -0.2) is 9.80 Å². The van der Waals surface area contributed by atoms with E-state index in [9.17, 15) is 14.4 Å². The molecule has 1 saturated heterocycles. The van der Waals surface area contributed by atoms with Crippen molar-refractivity contribution in [3.8, 4) is 11.5 Å². The molecule has 0 bridgehead atoms. The molecule has 0 radical (unpaired) electrons. The van der Waals surface area contributed by atoms with Gasteiger partial charge in [0.15, 0.2) is 11.5 Å². The third-order valence-corrected chi connectivity index (χ3v) is 5.43. The van der Waals surface area contributed by atoms with Crippen LogP contribution in [0, 0.1) is 0 Å². The number of ether oxygens (including phenoxy) is 3. The first kappa shape index (κ1) is 23.6. The second kappa shape index (κ2) is 10.6. The van der Waals surface area contributed by atoms with Crippen LogP contribution in [-0.2, 0) is 20.7 Å². The summed E-state index contributed by atoms with van der Waals surface area (Å²) in [5.74, 6) is -0.471. The molecule has 0 unspecified atom stereocenters. The van der Waals surface area contributed by atoms with E-state index in [2.05, 4.69) is 10.2 Å². The molecule has 1 N–H and O–H groups in total. The van der Waals surface area contributed by atoms with Gasteiger partial charge in [0.1, 0.15) is 5.57 Å². The van der Waals surface area contributed by atoms with Crippen LogP contribution in [0.2, 0.25) is 0 Å². The van der Waals surface area contributed by atoms with Crippen molar-refractivity contribution >= 4 is 29.5 Å². The third kappa shape index (κ3) is 5.33. The molecule has 8 nitrogen and oxygen atoms in total. The van der Waals surface area contributed by atoms with Gasteiger partial charge in [0, 0.05) is 6.42 Å². The molecule has 2 amide bonds.